The number of aromatic nitrogens is 8. The molecule has 0 aromatic carbocycles. The minimum Gasteiger partial charge on any atom is -0.347 e. The predicted octanol–water partition coefficient (Wildman–Crippen LogP) is 0.934. The molecule has 3 rings (SSSR count). The highest BCUT2D eigenvalue weighted by atomic mass is 35.5. The van der Waals surface area contributed by atoms with Crippen LogP contribution in [0.4, 0.5) is 5.95 Å². The Labute approximate surface area is 125 Å². The van der Waals surface area contributed by atoms with E-state index in [0.29, 0.717) is 18.4 Å². The molecular formula is C11H12ClN9. The topological polar surface area (TPSA) is 99.2 Å². The van der Waals surface area contributed by atoms with Crippen LogP contribution >= 0.6 is 11.6 Å². The average Bonchev–Trinajstić information content (AvgIpc) is 3.15. The van der Waals surface area contributed by atoms with Gasteiger partial charge < -0.3 is 9.88 Å². The Kier molecular flexibility index (Phi) is 3.73. The van der Waals surface area contributed by atoms with Crippen LogP contribution in [0.2, 0.25) is 5.28 Å². The van der Waals surface area contributed by atoms with Gasteiger partial charge in [0.1, 0.15) is 6.33 Å². The number of aryl methyl sites for hydroxylation is 1. The Bertz CT molecular complexity index is 721. The van der Waals surface area contributed by atoms with Crippen molar-refractivity contribution in [1.29, 1.82) is 0 Å². The van der Waals surface area contributed by atoms with E-state index in [0.717, 1.165) is 12.4 Å². The third-order valence-corrected chi connectivity index (χ3v) is 2.92. The number of rotatable bonds is 5. The molecule has 0 radical (unpaired) electrons. The quantitative estimate of drug-likeness (QED) is 0.748. The SMILES string of the molecule is CCn1cnnc1CNc1nc(Cl)nc(-n2cccn2)n1. The summed E-state index contributed by atoms with van der Waals surface area (Å²) in [5.41, 5.74) is 0. The highest BCUT2D eigenvalue weighted by molar-refractivity contribution is 6.28. The fourth-order valence-electron chi connectivity index (χ4n) is 1.75. The summed E-state index contributed by atoms with van der Waals surface area (Å²) in [4.78, 5) is 12.3. The van der Waals surface area contributed by atoms with E-state index in [1.54, 1.807) is 24.8 Å². The molecule has 0 fully saturated rings. The maximum atomic E-state index is 5.91. The Morgan fingerprint density at radius 2 is 2.19 bits per heavy atom. The molecule has 0 unspecified atom stereocenters. The molecule has 0 aliphatic carbocycles. The van der Waals surface area contributed by atoms with Crippen LogP contribution in [0.15, 0.2) is 24.8 Å². The minimum absolute atomic E-state index is 0.0926. The monoisotopic (exact) mass is 305 g/mol. The van der Waals surface area contributed by atoms with Crippen LogP contribution in [-0.4, -0.2) is 39.5 Å². The molecule has 0 saturated carbocycles. The van der Waals surface area contributed by atoms with E-state index in [1.165, 1.54) is 4.68 Å². The van der Waals surface area contributed by atoms with Crippen LogP contribution in [-0.2, 0) is 13.1 Å². The summed E-state index contributed by atoms with van der Waals surface area (Å²) >= 11 is 5.91. The molecular weight excluding hydrogens is 294 g/mol. The smallest absolute Gasteiger partial charge is 0.256 e. The first-order valence-electron chi connectivity index (χ1n) is 6.28. The summed E-state index contributed by atoms with van der Waals surface area (Å²) in [6.45, 7) is 3.25. The Hall–Kier alpha value is -2.55. The second-order valence-corrected chi connectivity index (χ2v) is 4.40. The van der Waals surface area contributed by atoms with Crippen LogP contribution in [0.25, 0.3) is 5.95 Å². The fourth-order valence-corrected chi connectivity index (χ4v) is 1.90. The van der Waals surface area contributed by atoms with Crippen LogP contribution < -0.4 is 5.32 Å². The van der Waals surface area contributed by atoms with Gasteiger partial charge in [-0.15, -0.1) is 10.2 Å². The summed E-state index contributed by atoms with van der Waals surface area (Å²) in [5, 5.41) is 15.1. The summed E-state index contributed by atoms with van der Waals surface area (Å²) in [7, 11) is 0. The number of nitrogens with zero attached hydrogens (tertiary/aromatic N) is 8. The van der Waals surface area contributed by atoms with E-state index in [-0.39, 0.29) is 5.28 Å². The molecule has 3 heterocycles. The Morgan fingerprint density at radius 1 is 1.29 bits per heavy atom. The molecule has 0 amide bonds. The van der Waals surface area contributed by atoms with Gasteiger partial charge in [-0.1, -0.05) is 0 Å². The summed E-state index contributed by atoms with van der Waals surface area (Å²) in [6, 6.07) is 1.77. The normalized spacial score (nSPS) is 10.8. The minimum atomic E-state index is 0.0926. The molecule has 1 N–H and O–H groups in total. The summed E-state index contributed by atoms with van der Waals surface area (Å²) in [6.07, 6.45) is 5.03. The van der Waals surface area contributed by atoms with Crippen molar-refractivity contribution in [2.75, 3.05) is 5.32 Å². The number of halogens is 1. The number of nitrogens with one attached hydrogen (secondary N) is 1. The molecule has 0 saturated heterocycles. The van der Waals surface area contributed by atoms with Crippen LogP contribution in [0, 0.1) is 0 Å². The van der Waals surface area contributed by atoms with E-state index >= 15 is 0 Å². The first-order chi connectivity index (χ1) is 10.3. The van der Waals surface area contributed by atoms with Crippen molar-refractivity contribution in [3.8, 4) is 5.95 Å². The molecule has 0 atom stereocenters. The molecule has 0 aliphatic rings. The standard InChI is InChI=1S/C11H12ClN9/c1-2-20-7-14-19-8(20)6-13-10-16-9(12)17-11(18-10)21-5-3-4-15-21/h3-5,7H,2,6H2,1H3,(H,13,16,17,18). The summed E-state index contributed by atoms with van der Waals surface area (Å²) in [5.74, 6) is 1.49. The van der Waals surface area contributed by atoms with Crippen molar-refractivity contribution < 1.29 is 0 Å². The molecule has 0 spiro atoms. The second-order valence-electron chi connectivity index (χ2n) is 4.07. The third-order valence-electron chi connectivity index (χ3n) is 2.75. The fraction of sp³-hybridized carbons (Fsp3) is 0.273. The van der Waals surface area contributed by atoms with Crippen molar-refractivity contribution in [3.05, 3.63) is 35.9 Å². The largest absolute Gasteiger partial charge is 0.347 e. The lowest BCUT2D eigenvalue weighted by Gasteiger charge is -2.07. The van der Waals surface area contributed by atoms with Gasteiger partial charge in [-0.3, -0.25) is 0 Å². The molecule has 3 aromatic rings. The predicted molar refractivity (Wildman–Crippen MR) is 75.0 cm³/mol. The molecule has 0 bridgehead atoms. The summed E-state index contributed by atoms with van der Waals surface area (Å²) < 4.78 is 3.43. The van der Waals surface area contributed by atoms with Gasteiger partial charge in [0.05, 0.1) is 6.54 Å². The first-order valence-corrected chi connectivity index (χ1v) is 6.66. The molecule has 21 heavy (non-hydrogen) atoms. The van der Waals surface area contributed by atoms with Crippen LogP contribution in [0.1, 0.15) is 12.7 Å². The van der Waals surface area contributed by atoms with Gasteiger partial charge in [-0.05, 0) is 24.6 Å². The van der Waals surface area contributed by atoms with E-state index in [1.807, 2.05) is 11.5 Å². The number of anilines is 1. The highest BCUT2D eigenvalue weighted by Crippen LogP contribution is 2.09. The zero-order chi connectivity index (χ0) is 14.7. The zero-order valence-corrected chi connectivity index (χ0v) is 11.9. The van der Waals surface area contributed by atoms with Crippen molar-refractivity contribution in [2.45, 2.75) is 20.0 Å². The lowest BCUT2D eigenvalue weighted by Crippen LogP contribution is -2.12. The third kappa shape index (κ3) is 2.97. The van der Waals surface area contributed by atoms with Gasteiger partial charge in [0.2, 0.25) is 11.2 Å². The van der Waals surface area contributed by atoms with Crippen LogP contribution in [0.3, 0.4) is 0 Å². The lowest BCUT2D eigenvalue weighted by atomic mass is 10.5. The highest BCUT2D eigenvalue weighted by Gasteiger charge is 2.08. The molecule has 3 aromatic heterocycles. The molecule has 0 aliphatic heterocycles. The van der Waals surface area contributed by atoms with Gasteiger partial charge in [0.25, 0.3) is 5.95 Å². The van der Waals surface area contributed by atoms with Crippen molar-refractivity contribution >= 4 is 17.5 Å². The van der Waals surface area contributed by atoms with E-state index < -0.39 is 0 Å². The zero-order valence-electron chi connectivity index (χ0n) is 11.2. The van der Waals surface area contributed by atoms with Gasteiger partial charge in [-0.25, -0.2) is 4.68 Å². The van der Waals surface area contributed by atoms with E-state index in [9.17, 15) is 0 Å². The van der Waals surface area contributed by atoms with Gasteiger partial charge in [0.15, 0.2) is 5.82 Å². The van der Waals surface area contributed by atoms with E-state index in [4.69, 9.17) is 11.6 Å². The Morgan fingerprint density at radius 3 is 2.95 bits per heavy atom. The lowest BCUT2D eigenvalue weighted by molar-refractivity contribution is 0.705. The maximum absolute atomic E-state index is 5.91. The van der Waals surface area contributed by atoms with Crippen LogP contribution in [0.5, 0.6) is 0 Å². The number of hydrogen-bond donors (Lipinski definition) is 1. The second kappa shape index (κ2) is 5.83. The van der Waals surface area contributed by atoms with Crippen molar-refractivity contribution in [2.24, 2.45) is 0 Å². The first kappa shape index (κ1) is 13.4. The van der Waals surface area contributed by atoms with E-state index in [2.05, 4.69) is 35.6 Å². The van der Waals surface area contributed by atoms with Gasteiger partial charge >= 0.3 is 0 Å². The van der Waals surface area contributed by atoms with Crippen molar-refractivity contribution in [3.63, 3.8) is 0 Å². The van der Waals surface area contributed by atoms with Gasteiger partial charge in [-0.2, -0.15) is 20.1 Å². The Balaban J connectivity index is 1.79. The van der Waals surface area contributed by atoms with Gasteiger partial charge in [0, 0.05) is 18.9 Å². The number of hydrogen-bond acceptors (Lipinski definition) is 7. The molecule has 9 nitrogen and oxygen atoms in total. The van der Waals surface area contributed by atoms with Crippen molar-refractivity contribution in [1.82, 2.24) is 39.5 Å². The molecule has 10 heteroatoms. The molecule has 108 valence electrons. The average molecular weight is 306 g/mol. The maximum Gasteiger partial charge on any atom is 0.256 e.